The Kier molecular flexibility index (Phi) is 9.86. The molecule has 0 aliphatic heterocycles. The molecule has 0 spiro atoms. The highest BCUT2D eigenvalue weighted by molar-refractivity contribution is 6.16. The molecule has 1 heterocycles. The zero-order chi connectivity index (χ0) is 50.5. The Labute approximate surface area is 443 Å². The van der Waals surface area contributed by atoms with Crippen molar-refractivity contribution in [1.82, 2.24) is 0 Å². The number of rotatable bonds is 8. The molecule has 76 heavy (non-hydrogen) atoms. The minimum atomic E-state index is -0.526. The summed E-state index contributed by atoms with van der Waals surface area (Å²) in [4.78, 5) is 2.54. The van der Waals surface area contributed by atoms with Crippen molar-refractivity contribution in [1.29, 1.82) is 0 Å². The Hall–Kier alpha value is -9.50. The van der Waals surface area contributed by atoms with E-state index in [9.17, 15) is 0 Å². The third kappa shape index (κ3) is 6.47. The first kappa shape index (κ1) is 44.0. The first-order valence-electron chi connectivity index (χ1n) is 26.5. The zero-order valence-corrected chi connectivity index (χ0v) is 42.3. The lowest BCUT2D eigenvalue weighted by atomic mass is 9.68. The molecule has 2 nitrogen and oxygen atoms in total. The smallest absolute Gasteiger partial charge is 0.143 e. The standard InChI is InChI=1S/C74H51NO/c1-73(2)64-33-17-14-30-58(64)61-46-51(38-42-65(61)73)71-56(50-39-44-70-63(45-50)60-41-37-49-23-12-13-29-57(49)72(60)76-70)32-20-36-69(71)75(68-35-19-16-28-55(68)48-21-6-3-7-22-48)54-40-43-67-62(47-54)59-31-15-18-34-66(59)74(67,52-24-8-4-9-25-52)53-26-10-5-11-27-53/h3-47H,1-2H3. The molecule has 0 bridgehead atoms. The van der Waals surface area contributed by atoms with Crippen LogP contribution in [0.2, 0.25) is 0 Å². The first-order valence-corrected chi connectivity index (χ1v) is 26.5. The maximum Gasteiger partial charge on any atom is 0.143 e. The lowest BCUT2D eigenvalue weighted by molar-refractivity contribution is 0.660. The van der Waals surface area contributed by atoms with E-state index in [1.54, 1.807) is 0 Å². The number of hydrogen-bond acceptors (Lipinski definition) is 2. The van der Waals surface area contributed by atoms with Crippen LogP contribution >= 0.6 is 0 Å². The van der Waals surface area contributed by atoms with Crippen LogP contribution in [0.25, 0.3) is 88.3 Å². The van der Waals surface area contributed by atoms with Crippen molar-refractivity contribution in [3.63, 3.8) is 0 Å². The van der Waals surface area contributed by atoms with E-state index < -0.39 is 5.41 Å². The van der Waals surface area contributed by atoms with Crippen molar-refractivity contribution in [2.24, 2.45) is 0 Å². The lowest BCUT2D eigenvalue weighted by Gasteiger charge is -2.34. The van der Waals surface area contributed by atoms with Crippen LogP contribution in [-0.2, 0) is 10.8 Å². The van der Waals surface area contributed by atoms with Gasteiger partial charge in [-0.2, -0.15) is 0 Å². The minimum absolute atomic E-state index is 0.138. The molecule has 15 rings (SSSR count). The second kappa shape index (κ2) is 17.0. The average Bonchev–Trinajstić information content (AvgIpc) is 4.26. The van der Waals surface area contributed by atoms with Crippen LogP contribution in [-0.4, -0.2) is 0 Å². The fourth-order valence-electron chi connectivity index (χ4n) is 13.3. The summed E-state index contributed by atoms with van der Waals surface area (Å²) in [5.74, 6) is 0. The molecule has 0 amide bonds. The van der Waals surface area contributed by atoms with E-state index in [4.69, 9.17) is 4.42 Å². The number of fused-ring (bicyclic) bond motifs is 11. The van der Waals surface area contributed by atoms with Gasteiger partial charge in [0.1, 0.15) is 11.2 Å². The molecule has 0 N–H and O–H groups in total. The number of hydrogen-bond donors (Lipinski definition) is 0. The largest absolute Gasteiger partial charge is 0.455 e. The van der Waals surface area contributed by atoms with Crippen molar-refractivity contribution in [2.75, 3.05) is 4.90 Å². The predicted octanol–water partition coefficient (Wildman–Crippen LogP) is 19.9. The summed E-state index contributed by atoms with van der Waals surface area (Å²) >= 11 is 0. The average molecular weight is 970 g/mol. The van der Waals surface area contributed by atoms with E-state index in [1.807, 2.05) is 0 Å². The summed E-state index contributed by atoms with van der Waals surface area (Å²) in [6.45, 7) is 4.73. The van der Waals surface area contributed by atoms with E-state index in [0.29, 0.717) is 0 Å². The van der Waals surface area contributed by atoms with Gasteiger partial charge in [-0.1, -0.05) is 238 Å². The van der Waals surface area contributed by atoms with Gasteiger partial charge in [0.2, 0.25) is 0 Å². The van der Waals surface area contributed by atoms with Crippen LogP contribution in [0, 0.1) is 0 Å². The molecule has 358 valence electrons. The second-order valence-corrected chi connectivity index (χ2v) is 21.1. The minimum Gasteiger partial charge on any atom is -0.455 e. The van der Waals surface area contributed by atoms with Crippen LogP contribution in [0.15, 0.2) is 277 Å². The quantitative estimate of drug-likeness (QED) is 0.151. The molecule has 2 heteroatoms. The highest BCUT2D eigenvalue weighted by Gasteiger charge is 2.46. The highest BCUT2D eigenvalue weighted by atomic mass is 16.3. The molecular formula is C74H51NO. The normalized spacial score (nSPS) is 13.6. The van der Waals surface area contributed by atoms with Crippen molar-refractivity contribution >= 4 is 49.8 Å². The Morgan fingerprint density at radius 3 is 1.67 bits per heavy atom. The number of benzene rings is 12. The Bertz CT molecular complexity index is 4390. The first-order chi connectivity index (χ1) is 37.5. The molecule has 0 fully saturated rings. The summed E-state index contributed by atoms with van der Waals surface area (Å²) in [5, 5.41) is 4.50. The summed E-state index contributed by atoms with van der Waals surface area (Å²) in [5.41, 5.74) is 24.0. The van der Waals surface area contributed by atoms with Crippen LogP contribution in [0.3, 0.4) is 0 Å². The number of furan rings is 1. The zero-order valence-electron chi connectivity index (χ0n) is 42.3. The molecule has 13 aromatic rings. The van der Waals surface area contributed by atoms with Crippen LogP contribution < -0.4 is 4.90 Å². The monoisotopic (exact) mass is 969 g/mol. The summed E-state index contributed by atoms with van der Waals surface area (Å²) in [7, 11) is 0. The van der Waals surface area contributed by atoms with E-state index in [2.05, 4.69) is 292 Å². The molecule has 1 aromatic heterocycles. The summed E-state index contributed by atoms with van der Waals surface area (Å²) < 4.78 is 6.73. The van der Waals surface area contributed by atoms with Gasteiger partial charge in [0.05, 0.1) is 16.8 Å². The fourth-order valence-corrected chi connectivity index (χ4v) is 13.3. The fraction of sp³-hybridized carbons (Fsp3) is 0.0541. The van der Waals surface area contributed by atoms with Gasteiger partial charge >= 0.3 is 0 Å². The summed E-state index contributed by atoms with van der Waals surface area (Å²) in [6.07, 6.45) is 0. The van der Waals surface area contributed by atoms with Gasteiger partial charge in [-0.25, -0.2) is 0 Å². The molecule has 0 unspecified atom stereocenters. The summed E-state index contributed by atoms with van der Waals surface area (Å²) in [6, 6.07) is 101. The van der Waals surface area contributed by atoms with Gasteiger partial charge in [0.15, 0.2) is 0 Å². The molecule has 2 aliphatic rings. The van der Waals surface area contributed by atoms with Crippen molar-refractivity contribution in [2.45, 2.75) is 24.7 Å². The highest BCUT2D eigenvalue weighted by Crippen LogP contribution is 2.59. The number of para-hydroxylation sites is 1. The van der Waals surface area contributed by atoms with Crippen LogP contribution in [0.1, 0.15) is 47.2 Å². The topological polar surface area (TPSA) is 16.4 Å². The Morgan fingerprint density at radius 2 is 0.895 bits per heavy atom. The maximum atomic E-state index is 6.73. The Morgan fingerprint density at radius 1 is 0.329 bits per heavy atom. The third-order valence-corrected chi connectivity index (χ3v) is 16.8. The van der Waals surface area contributed by atoms with E-state index in [1.165, 1.54) is 61.0 Å². The molecule has 0 saturated carbocycles. The molecule has 0 radical (unpaired) electrons. The molecule has 12 aromatic carbocycles. The number of anilines is 3. The van der Waals surface area contributed by atoms with E-state index >= 15 is 0 Å². The van der Waals surface area contributed by atoms with Gasteiger partial charge in [-0.05, 0) is 132 Å². The molecular weight excluding hydrogens is 919 g/mol. The van der Waals surface area contributed by atoms with Gasteiger partial charge in [0, 0.05) is 38.4 Å². The molecule has 0 saturated heterocycles. The van der Waals surface area contributed by atoms with Gasteiger partial charge in [-0.15, -0.1) is 0 Å². The Balaban J connectivity index is 1.03. The second-order valence-electron chi connectivity index (χ2n) is 21.1. The van der Waals surface area contributed by atoms with Gasteiger partial charge in [0.25, 0.3) is 0 Å². The number of nitrogens with zero attached hydrogens (tertiary/aromatic N) is 1. The molecule has 0 atom stereocenters. The van der Waals surface area contributed by atoms with Gasteiger partial charge in [-0.3, -0.25) is 0 Å². The van der Waals surface area contributed by atoms with E-state index in [-0.39, 0.29) is 5.41 Å². The third-order valence-electron chi connectivity index (χ3n) is 16.8. The van der Waals surface area contributed by atoms with Crippen molar-refractivity contribution in [3.8, 4) is 55.6 Å². The molecule has 2 aliphatic carbocycles. The van der Waals surface area contributed by atoms with Crippen LogP contribution in [0.5, 0.6) is 0 Å². The van der Waals surface area contributed by atoms with Gasteiger partial charge < -0.3 is 9.32 Å². The maximum absolute atomic E-state index is 6.73. The van der Waals surface area contributed by atoms with Crippen molar-refractivity contribution in [3.05, 3.63) is 306 Å². The predicted molar refractivity (Wildman–Crippen MR) is 317 cm³/mol. The van der Waals surface area contributed by atoms with Crippen LogP contribution in [0.4, 0.5) is 17.1 Å². The lowest BCUT2D eigenvalue weighted by Crippen LogP contribution is -2.28. The van der Waals surface area contributed by atoms with Crippen molar-refractivity contribution < 1.29 is 4.42 Å². The van der Waals surface area contributed by atoms with E-state index in [0.717, 1.165) is 77.8 Å². The SMILES string of the molecule is CC1(C)c2ccccc2-c2cc(-c3c(-c4ccc5oc6c7ccccc7ccc6c5c4)cccc3N(c3ccc4c(c3)-c3ccccc3C4(c3ccccc3)c3ccccc3)c3ccccc3-c3ccccc3)ccc21.